The normalized spacial score (nSPS) is 13.7. The lowest BCUT2D eigenvalue weighted by atomic mass is 10.2. The van der Waals surface area contributed by atoms with Crippen molar-refractivity contribution in [3.63, 3.8) is 0 Å². The summed E-state index contributed by atoms with van der Waals surface area (Å²) in [7, 11) is 0. The van der Waals surface area contributed by atoms with Crippen molar-refractivity contribution in [2.75, 3.05) is 37.7 Å². The van der Waals surface area contributed by atoms with Crippen LogP contribution in [0, 0.1) is 0 Å². The third-order valence-electron chi connectivity index (χ3n) is 6.08. The SMILES string of the molecule is CCCc1cc2c(N3CCn4c(nnc4C(F)(F)F)C3)nc(OCCN(CC(=O)OCC)C(=O)OC(C)(C)C)nc2s1. The van der Waals surface area contributed by atoms with Crippen LogP contribution in [0.4, 0.5) is 23.8 Å². The van der Waals surface area contributed by atoms with E-state index in [1.54, 1.807) is 27.7 Å². The first-order valence-electron chi connectivity index (χ1n) is 13.6. The molecule has 0 fully saturated rings. The first-order valence-corrected chi connectivity index (χ1v) is 14.4. The Morgan fingerprint density at radius 1 is 1.12 bits per heavy atom. The molecule has 0 N–H and O–H groups in total. The van der Waals surface area contributed by atoms with Gasteiger partial charge in [0, 0.05) is 18.0 Å². The Labute approximate surface area is 244 Å². The third kappa shape index (κ3) is 7.57. The average Bonchev–Trinajstić information content (AvgIpc) is 3.50. The van der Waals surface area contributed by atoms with Crippen molar-refractivity contribution in [3.8, 4) is 6.01 Å². The van der Waals surface area contributed by atoms with Gasteiger partial charge in [0.05, 0.1) is 25.1 Å². The summed E-state index contributed by atoms with van der Waals surface area (Å²) in [6.07, 6.45) is -3.54. The highest BCUT2D eigenvalue weighted by molar-refractivity contribution is 7.18. The van der Waals surface area contributed by atoms with E-state index in [1.165, 1.54) is 16.2 Å². The van der Waals surface area contributed by atoms with Gasteiger partial charge in [-0.25, -0.2) is 4.79 Å². The number of carbonyl (C=O) groups is 2. The lowest BCUT2D eigenvalue weighted by molar-refractivity contribution is -0.147. The van der Waals surface area contributed by atoms with E-state index in [2.05, 4.69) is 27.1 Å². The van der Waals surface area contributed by atoms with Crippen LogP contribution < -0.4 is 9.64 Å². The summed E-state index contributed by atoms with van der Waals surface area (Å²) in [5, 5.41) is 7.90. The molecule has 3 aromatic heterocycles. The number of aromatic nitrogens is 5. The highest BCUT2D eigenvalue weighted by Gasteiger charge is 2.40. The number of esters is 1. The van der Waals surface area contributed by atoms with E-state index < -0.39 is 29.7 Å². The van der Waals surface area contributed by atoms with Gasteiger partial charge in [-0.1, -0.05) is 13.3 Å². The van der Waals surface area contributed by atoms with Gasteiger partial charge in [-0.15, -0.1) is 21.5 Å². The van der Waals surface area contributed by atoms with Gasteiger partial charge >= 0.3 is 24.2 Å². The van der Waals surface area contributed by atoms with Crippen molar-refractivity contribution in [1.82, 2.24) is 29.6 Å². The third-order valence-corrected chi connectivity index (χ3v) is 7.16. The van der Waals surface area contributed by atoms with Gasteiger partial charge in [-0.3, -0.25) is 9.69 Å². The van der Waals surface area contributed by atoms with Crippen LogP contribution in [0.2, 0.25) is 0 Å². The van der Waals surface area contributed by atoms with Gasteiger partial charge in [0.25, 0.3) is 0 Å². The molecule has 0 saturated carbocycles. The zero-order chi connectivity index (χ0) is 30.7. The number of hydrogen-bond acceptors (Lipinski definition) is 11. The van der Waals surface area contributed by atoms with Gasteiger partial charge in [0.2, 0.25) is 5.82 Å². The molecule has 4 heterocycles. The largest absolute Gasteiger partial charge is 0.465 e. The van der Waals surface area contributed by atoms with E-state index in [-0.39, 0.29) is 57.8 Å². The summed E-state index contributed by atoms with van der Waals surface area (Å²) in [5.41, 5.74) is -0.775. The molecule has 42 heavy (non-hydrogen) atoms. The summed E-state index contributed by atoms with van der Waals surface area (Å²) in [6.45, 7) is 9.00. The molecule has 1 aliphatic rings. The Bertz CT molecular complexity index is 1420. The molecular weight excluding hydrogens is 579 g/mol. The van der Waals surface area contributed by atoms with Gasteiger partial charge in [-0.05, 0) is 40.2 Å². The van der Waals surface area contributed by atoms with E-state index in [1.807, 2.05) is 11.0 Å². The van der Waals surface area contributed by atoms with Crippen LogP contribution in [0.15, 0.2) is 6.07 Å². The summed E-state index contributed by atoms with van der Waals surface area (Å²) in [4.78, 5) is 38.8. The van der Waals surface area contributed by atoms with E-state index in [0.29, 0.717) is 10.6 Å². The Balaban J connectivity index is 1.56. The minimum Gasteiger partial charge on any atom is -0.465 e. The summed E-state index contributed by atoms with van der Waals surface area (Å²) in [6, 6.07) is 2.03. The molecule has 0 atom stereocenters. The van der Waals surface area contributed by atoms with Crippen molar-refractivity contribution < 1.29 is 37.0 Å². The zero-order valence-electron chi connectivity index (χ0n) is 24.2. The number of alkyl halides is 3. The predicted molar refractivity (Wildman–Crippen MR) is 147 cm³/mol. The number of rotatable bonds is 10. The van der Waals surface area contributed by atoms with Crippen molar-refractivity contribution in [2.24, 2.45) is 0 Å². The zero-order valence-corrected chi connectivity index (χ0v) is 25.0. The van der Waals surface area contributed by atoms with Crippen LogP contribution in [0.1, 0.15) is 57.6 Å². The minimum absolute atomic E-state index is 0.0109. The summed E-state index contributed by atoms with van der Waals surface area (Å²) < 4.78 is 57.4. The highest BCUT2D eigenvalue weighted by Crippen LogP contribution is 2.36. The van der Waals surface area contributed by atoms with Crippen LogP contribution in [0.3, 0.4) is 0 Å². The van der Waals surface area contributed by atoms with Crippen LogP contribution in [0.5, 0.6) is 6.01 Å². The molecule has 3 aromatic rings. The number of fused-ring (bicyclic) bond motifs is 2. The van der Waals surface area contributed by atoms with Crippen LogP contribution >= 0.6 is 11.3 Å². The second kappa shape index (κ2) is 12.7. The van der Waals surface area contributed by atoms with Crippen molar-refractivity contribution in [1.29, 1.82) is 0 Å². The van der Waals surface area contributed by atoms with Crippen molar-refractivity contribution >= 4 is 39.4 Å². The van der Waals surface area contributed by atoms with Crippen LogP contribution in [-0.2, 0) is 40.0 Å². The molecule has 0 radical (unpaired) electrons. The molecule has 16 heteroatoms. The maximum Gasteiger partial charge on any atom is 0.451 e. The Morgan fingerprint density at radius 2 is 1.88 bits per heavy atom. The first-order chi connectivity index (χ1) is 19.8. The maximum atomic E-state index is 13.3. The molecule has 230 valence electrons. The lowest BCUT2D eigenvalue weighted by Gasteiger charge is -2.29. The van der Waals surface area contributed by atoms with Crippen molar-refractivity contribution in [3.05, 3.63) is 22.6 Å². The predicted octanol–water partition coefficient (Wildman–Crippen LogP) is 4.45. The van der Waals surface area contributed by atoms with Crippen LogP contribution in [0.25, 0.3) is 10.2 Å². The first kappa shape index (κ1) is 31.3. The number of aryl methyl sites for hydroxylation is 1. The number of hydrogen-bond donors (Lipinski definition) is 0. The Morgan fingerprint density at radius 3 is 2.55 bits per heavy atom. The fourth-order valence-corrected chi connectivity index (χ4v) is 5.45. The molecular formula is C26H34F3N7O5S. The highest BCUT2D eigenvalue weighted by atomic mass is 32.1. The van der Waals surface area contributed by atoms with E-state index in [9.17, 15) is 22.8 Å². The van der Waals surface area contributed by atoms with Crippen molar-refractivity contribution in [2.45, 2.75) is 72.3 Å². The monoisotopic (exact) mass is 613 g/mol. The Kier molecular flexibility index (Phi) is 9.43. The molecule has 0 spiro atoms. The van der Waals surface area contributed by atoms with Gasteiger partial charge in [0.1, 0.15) is 29.4 Å². The quantitative estimate of drug-likeness (QED) is 0.303. The molecule has 1 amide bonds. The molecule has 0 bridgehead atoms. The molecule has 0 saturated heterocycles. The van der Waals surface area contributed by atoms with Gasteiger partial charge in [-0.2, -0.15) is 23.1 Å². The lowest BCUT2D eigenvalue weighted by Crippen LogP contribution is -2.42. The number of nitrogens with zero attached hydrogens (tertiary/aromatic N) is 7. The average molecular weight is 614 g/mol. The number of anilines is 1. The molecule has 0 aromatic carbocycles. The number of thiophene rings is 1. The summed E-state index contributed by atoms with van der Waals surface area (Å²) in [5.74, 6) is -0.921. The van der Waals surface area contributed by atoms with E-state index in [4.69, 9.17) is 14.2 Å². The number of carbonyl (C=O) groups excluding carboxylic acids is 2. The van der Waals surface area contributed by atoms with Gasteiger partial charge in [0.15, 0.2) is 5.82 Å². The Hall–Kier alpha value is -3.69. The molecule has 4 rings (SSSR count). The fraction of sp³-hybridized carbons (Fsp3) is 0.615. The number of amides is 1. The second-order valence-electron chi connectivity index (χ2n) is 10.6. The molecule has 1 aliphatic heterocycles. The number of halogens is 3. The molecule has 0 unspecified atom stereocenters. The molecule has 12 nitrogen and oxygen atoms in total. The second-order valence-corrected chi connectivity index (χ2v) is 11.7. The standard InChI is InChI=1S/C26H34F3N7O5S/c1-6-8-16-13-17-20(34-9-10-36-18(14-34)32-33-22(36)26(27,28)29)30-23(31-21(17)42-16)40-12-11-35(15-19(37)39-7-2)24(38)41-25(3,4)5/h13H,6-12,14-15H2,1-5H3. The smallest absolute Gasteiger partial charge is 0.451 e. The fourth-order valence-electron chi connectivity index (χ4n) is 4.33. The molecule has 0 aliphatic carbocycles. The topological polar surface area (TPSA) is 125 Å². The number of ether oxygens (including phenoxy) is 3. The van der Waals surface area contributed by atoms with Gasteiger partial charge < -0.3 is 23.7 Å². The van der Waals surface area contributed by atoms with Crippen LogP contribution in [-0.4, -0.2) is 80.1 Å². The minimum atomic E-state index is -4.60. The van der Waals surface area contributed by atoms with E-state index in [0.717, 1.165) is 27.7 Å². The van der Waals surface area contributed by atoms with E-state index >= 15 is 0 Å². The summed E-state index contributed by atoms with van der Waals surface area (Å²) >= 11 is 1.49. The maximum absolute atomic E-state index is 13.3.